The van der Waals surface area contributed by atoms with Crippen LogP contribution in [0.15, 0.2) is 29.2 Å². The van der Waals surface area contributed by atoms with E-state index < -0.39 is 10.0 Å². The molecule has 1 fully saturated rings. The third-order valence-electron chi connectivity index (χ3n) is 3.53. The van der Waals surface area contributed by atoms with Crippen molar-refractivity contribution in [2.45, 2.75) is 31.6 Å². The van der Waals surface area contributed by atoms with Crippen LogP contribution >= 0.6 is 11.6 Å². The number of hydrogen-bond acceptors (Lipinski definition) is 2. The fraction of sp³-hybridized carbons (Fsp3) is 0.538. The molecule has 0 unspecified atom stereocenters. The molecule has 1 aliphatic rings. The van der Waals surface area contributed by atoms with Crippen molar-refractivity contribution in [3.8, 4) is 0 Å². The molecule has 0 bridgehead atoms. The average Bonchev–Trinajstić information content (AvgIpc) is 2.28. The summed E-state index contributed by atoms with van der Waals surface area (Å²) in [7, 11) is -3.44. The van der Waals surface area contributed by atoms with Crippen LogP contribution in [0.1, 0.15) is 26.7 Å². The van der Waals surface area contributed by atoms with Gasteiger partial charge < -0.3 is 0 Å². The number of hydrogen-bond donors (Lipinski definition) is 0. The molecule has 0 aliphatic carbocycles. The minimum atomic E-state index is -3.44. The maximum atomic E-state index is 12.5. The Labute approximate surface area is 114 Å². The van der Waals surface area contributed by atoms with E-state index in [0.29, 0.717) is 18.1 Å². The van der Waals surface area contributed by atoms with E-state index in [1.807, 2.05) is 0 Å². The van der Waals surface area contributed by atoms with Crippen LogP contribution in [-0.4, -0.2) is 25.8 Å². The highest BCUT2D eigenvalue weighted by Crippen LogP contribution is 2.33. The fourth-order valence-electron chi connectivity index (χ4n) is 2.12. The molecular formula is C13H18ClNO2S. The number of halogens is 1. The van der Waals surface area contributed by atoms with Gasteiger partial charge in [-0.05, 0) is 30.4 Å². The van der Waals surface area contributed by atoms with Crippen molar-refractivity contribution < 1.29 is 8.42 Å². The number of sulfonamides is 1. The number of piperidine rings is 1. The monoisotopic (exact) mass is 287 g/mol. The normalized spacial score (nSPS) is 20.8. The molecule has 0 amide bonds. The molecule has 100 valence electrons. The molecule has 1 heterocycles. The highest BCUT2D eigenvalue weighted by Gasteiger charge is 2.33. The van der Waals surface area contributed by atoms with Crippen molar-refractivity contribution in [1.29, 1.82) is 0 Å². The van der Waals surface area contributed by atoms with E-state index in [9.17, 15) is 8.42 Å². The zero-order chi connectivity index (χ0) is 13.4. The SMILES string of the molecule is CC1(C)CCN(S(=O)(=O)c2ccccc2Cl)CC1. The first kappa shape index (κ1) is 13.8. The quantitative estimate of drug-likeness (QED) is 0.838. The Morgan fingerprint density at radius 1 is 1.17 bits per heavy atom. The molecule has 1 aromatic rings. The highest BCUT2D eigenvalue weighted by molar-refractivity contribution is 7.89. The van der Waals surface area contributed by atoms with Gasteiger partial charge in [0.25, 0.3) is 0 Å². The lowest BCUT2D eigenvalue weighted by Gasteiger charge is -2.36. The van der Waals surface area contributed by atoms with Gasteiger partial charge in [0.2, 0.25) is 10.0 Å². The summed E-state index contributed by atoms with van der Waals surface area (Å²) in [5.41, 5.74) is 0.229. The summed E-state index contributed by atoms with van der Waals surface area (Å²) in [6.07, 6.45) is 1.77. The van der Waals surface area contributed by atoms with Crippen LogP contribution < -0.4 is 0 Å². The molecule has 0 N–H and O–H groups in total. The summed E-state index contributed by atoms with van der Waals surface area (Å²) in [4.78, 5) is 0.214. The minimum absolute atomic E-state index is 0.214. The second-order valence-corrected chi connectivity index (χ2v) is 7.81. The van der Waals surface area contributed by atoms with Gasteiger partial charge in [-0.1, -0.05) is 37.6 Å². The van der Waals surface area contributed by atoms with E-state index >= 15 is 0 Å². The smallest absolute Gasteiger partial charge is 0.207 e. The molecule has 5 heteroatoms. The van der Waals surface area contributed by atoms with Crippen molar-refractivity contribution >= 4 is 21.6 Å². The Morgan fingerprint density at radius 3 is 2.28 bits per heavy atom. The van der Waals surface area contributed by atoms with E-state index in [1.165, 1.54) is 0 Å². The van der Waals surface area contributed by atoms with Gasteiger partial charge in [-0.25, -0.2) is 8.42 Å². The summed E-state index contributed by atoms with van der Waals surface area (Å²) in [6.45, 7) is 5.49. The molecule has 1 aromatic carbocycles. The van der Waals surface area contributed by atoms with E-state index in [-0.39, 0.29) is 10.3 Å². The van der Waals surface area contributed by atoms with Crippen LogP contribution in [0.2, 0.25) is 5.02 Å². The van der Waals surface area contributed by atoms with Crippen molar-refractivity contribution in [3.05, 3.63) is 29.3 Å². The standard InChI is InChI=1S/C13H18ClNO2S/c1-13(2)7-9-15(10-8-13)18(16,17)12-6-4-3-5-11(12)14/h3-6H,7-10H2,1-2H3. The predicted octanol–water partition coefficient (Wildman–Crippen LogP) is 3.15. The Bertz CT molecular complexity index is 530. The molecule has 0 spiro atoms. The van der Waals surface area contributed by atoms with Gasteiger partial charge in [-0.15, -0.1) is 0 Å². The molecule has 1 saturated heterocycles. The fourth-order valence-corrected chi connectivity index (χ4v) is 4.06. The van der Waals surface area contributed by atoms with Crippen molar-refractivity contribution in [3.63, 3.8) is 0 Å². The Kier molecular flexibility index (Phi) is 3.72. The van der Waals surface area contributed by atoms with E-state index in [1.54, 1.807) is 28.6 Å². The molecule has 2 rings (SSSR count). The van der Waals surface area contributed by atoms with E-state index in [2.05, 4.69) is 13.8 Å². The Balaban J connectivity index is 2.26. The molecule has 0 aromatic heterocycles. The highest BCUT2D eigenvalue weighted by atomic mass is 35.5. The number of benzene rings is 1. The lowest BCUT2D eigenvalue weighted by molar-refractivity contribution is 0.196. The summed E-state index contributed by atoms with van der Waals surface area (Å²) >= 11 is 5.98. The lowest BCUT2D eigenvalue weighted by Crippen LogP contribution is -2.41. The maximum Gasteiger partial charge on any atom is 0.244 e. The second-order valence-electron chi connectivity index (χ2n) is 5.50. The van der Waals surface area contributed by atoms with E-state index in [4.69, 9.17) is 11.6 Å². The summed E-state index contributed by atoms with van der Waals surface area (Å²) in [5.74, 6) is 0. The third kappa shape index (κ3) is 2.71. The molecular weight excluding hydrogens is 270 g/mol. The molecule has 1 aliphatic heterocycles. The van der Waals surface area contributed by atoms with Crippen LogP contribution in [-0.2, 0) is 10.0 Å². The van der Waals surface area contributed by atoms with Crippen molar-refractivity contribution in [2.24, 2.45) is 5.41 Å². The zero-order valence-corrected chi connectivity index (χ0v) is 12.3. The van der Waals surface area contributed by atoms with Crippen LogP contribution in [0, 0.1) is 5.41 Å². The van der Waals surface area contributed by atoms with Crippen LogP contribution in [0.3, 0.4) is 0 Å². The van der Waals surface area contributed by atoms with Crippen molar-refractivity contribution in [1.82, 2.24) is 4.31 Å². The largest absolute Gasteiger partial charge is 0.244 e. The van der Waals surface area contributed by atoms with Crippen LogP contribution in [0.5, 0.6) is 0 Å². The zero-order valence-electron chi connectivity index (χ0n) is 10.7. The van der Waals surface area contributed by atoms with Gasteiger partial charge in [0.15, 0.2) is 0 Å². The van der Waals surface area contributed by atoms with Crippen LogP contribution in [0.25, 0.3) is 0 Å². The van der Waals surface area contributed by atoms with Gasteiger partial charge in [0.05, 0.1) is 5.02 Å². The van der Waals surface area contributed by atoms with Gasteiger partial charge >= 0.3 is 0 Å². The number of nitrogens with zero attached hydrogens (tertiary/aromatic N) is 1. The molecule has 3 nitrogen and oxygen atoms in total. The first-order valence-electron chi connectivity index (χ1n) is 6.08. The Hall–Kier alpha value is -0.580. The summed E-state index contributed by atoms with van der Waals surface area (Å²) in [6, 6.07) is 6.62. The molecule has 0 radical (unpaired) electrons. The second kappa shape index (κ2) is 4.83. The van der Waals surface area contributed by atoms with Gasteiger partial charge in [-0.2, -0.15) is 4.31 Å². The first-order valence-corrected chi connectivity index (χ1v) is 7.89. The lowest BCUT2D eigenvalue weighted by atomic mass is 9.83. The Morgan fingerprint density at radius 2 is 1.72 bits per heavy atom. The van der Waals surface area contributed by atoms with Crippen molar-refractivity contribution in [2.75, 3.05) is 13.1 Å². The number of rotatable bonds is 2. The van der Waals surface area contributed by atoms with Gasteiger partial charge in [0, 0.05) is 13.1 Å². The topological polar surface area (TPSA) is 37.4 Å². The van der Waals surface area contributed by atoms with Gasteiger partial charge in [0.1, 0.15) is 4.90 Å². The molecule has 0 atom stereocenters. The molecule has 0 saturated carbocycles. The third-order valence-corrected chi connectivity index (χ3v) is 5.93. The summed E-state index contributed by atoms with van der Waals surface area (Å²) in [5, 5.41) is 0.294. The van der Waals surface area contributed by atoms with Gasteiger partial charge in [-0.3, -0.25) is 0 Å². The first-order chi connectivity index (χ1) is 8.33. The van der Waals surface area contributed by atoms with Crippen LogP contribution in [0.4, 0.5) is 0 Å². The van der Waals surface area contributed by atoms with E-state index in [0.717, 1.165) is 12.8 Å². The minimum Gasteiger partial charge on any atom is -0.207 e. The average molecular weight is 288 g/mol. The molecule has 18 heavy (non-hydrogen) atoms. The maximum absolute atomic E-state index is 12.5. The predicted molar refractivity (Wildman–Crippen MR) is 73.2 cm³/mol. The summed E-state index contributed by atoms with van der Waals surface area (Å²) < 4.78 is 26.5.